The molecular weight excluding hydrogens is 293 g/mol. The molecule has 0 N–H and O–H groups in total. The Hall–Kier alpha value is -1.38. The third-order valence-electron chi connectivity index (χ3n) is 3.11. The van der Waals surface area contributed by atoms with Gasteiger partial charge in [-0.3, -0.25) is 9.78 Å². The number of halogens is 2. The maximum Gasteiger partial charge on any atom is 0.143 e. The molecule has 20 heavy (non-hydrogen) atoms. The lowest BCUT2D eigenvalue weighted by atomic mass is 10.0. The normalized spacial score (nSPS) is 10.6. The minimum atomic E-state index is 0.0525. The molecule has 2 nitrogen and oxygen atoms in total. The Kier molecular flexibility index (Phi) is 5.16. The number of benzene rings is 1. The first-order chi connectivity index (χ1) is 9.60. The molecule has 1 aromatic heterocycles. The molecule has 2 rings (SSSR count). The molecule has 0 fully saturated rings. The summed E-state index contributed by atoms with van der Waals surface area (Å²) in [6.07, 6.45) is 3.28. The van der Waals surface area contributed by atoms with E-state index in [1.165, 1.54) is 0 Å². The minimum absolute atomic E-state index is 0.0525. The fourth-order valence-electron chi connectivity index (χ4n) is 1.93. The van der Waals surface area contributed by atoms with Crippen molar-refractivity contribution >= 4 is 29.0 Å². The highest BCUT2D eigenvalue weighted by Crippen LogP contribution is 2.25. The Bertz CT molecular complexity index is 588. The molecule has 0 spiro atoms. The number of hydrogen-bond donors (Lipinski definition) is 0. The summed E-state index contributed by atoms with van der Waals surface area (Å²) in [6, 6.07) is 9.14. The number of aromatic nitrogens is 1. The number of carbonyl (C=O) groups excluding carboxylic acids is 1. The molecule has 0 atom stereocenters. The van der Waals surface area contributed by atoms with E-state index in [0.29, 0.717) is 22.0 Å². The molecule has 4 heteroatoms. The average Bonchev–Trinajstić information content (AvgIpc) is 2.44. The lowest BCUT2D eigenvalue weighted by Crippen LogP contribution is -2.08. The van der Waals surface area contributed by atoms with Gasteiger partial charge in [-0.25, -0.2) is 0 Å². The summed E-state index contributed by atoms with van der Waals surface area (Å²) in [5, 5.41) is 1.06. The van der Waals surface area contributed by atoms with Crippen LogP contribution in [-0.4, -0.2) is 10.8 Å². The number of pyridine rings is 1. The molecule has 0 radical (unpaired) electrons. The van der Waals surface area contributed by atoms with Crippen LogP contribution in [0.2, 0.25) is 10.0 Å². The van der Waals surface area contributed by atoms with Gasteiger partial charge in [-0.2, -0.15) is 0 Å². The second-order valence-electron chi connectivity index (χ2n) is 4.60. The van der Waals surface area contributed by atoms with E-state index in [2.05, 4.69) is 11.9 Å². The monoisotopic (exact) mass is 307 g/mol. The van der Waals surface area contributed by atoms with Gasteiger partial charge < -0.3 is 0 Å². The van der Waals surface area contributed by atoms with E-state index < -0.39 is 0 Å². The van der Waals surface area contributed by atoms with Crippen molar-refractivity contribution in [3.05, 3.63) is 63.4 Å². The largest absolute Gasteiger partial charge is 0.299 e. The fraction of sp³-hybridized carbons (Fsp3) is 0.250. The minimum Gasteiger partial charge on any atom is -0.299 e. The van der Waals surface area contributed by atoms with E-state index in [0.717, 1.165) is 17.7 Å². The SMILES string of the molecule is CCc1ccc(CC(=O)Cc2c(Cl)cccc2Cl)nc1. The topological polar surface area (TPSA) is 30.0 Å². The molecule has 1 aromatic carbocycles. The number of carbonyl (C=O) groups is 1. The quantitative estimate of drug-likeness (QED) is 0.824. The van der Waals surface area contributed by atoms with Crippen LogP contribution in [0.1, 0.15) is 23.7 Å². The van der Waals surface area contributed by atoms with Gasteiger partial charge in [0.1, 0.15) is 5.78 Å². The smallest absolute Gasteiger partial charge is 0.143 e. The van der Waals surface area contributed by atoms with Gasteiger partial charge in [0.2, 0.25) is 0 Å². The maximum absolute atomic E-state index is 12.1. The first kappa shape index (κ1) is 15.0. The number of ketones is 1. The molecule has 0 saturated heterocycles. The van der Waals surface area contributed by atoms with Gasteiger partial charge in [0, 0.05) is 34.8 Å². The van der Waals surface area contributed by atoms with E-state index in [-0.39, 0.29) is 12.2 Å². The molecule has 0 unspecified atom stereocenters. The second kappa shape index (κ2) is 6.87. The van der Waals surface area contributed by atoms with Crippen molar-refractivity contribution < 1.29 is 4.79 Å². The van der Waals surface area contributed by atoms with E-state index in [9.17, 15) is 4.79 Å². The van der Waals surface area contributed by atoms with Gasteiger partial charge in [0.05, 0.1) is 0 Å². The Labute approximate surface area is 128 Å². The van der Waals surface area contributed by atoms with E-state index in [1.54, 1.807) is 18.2 Å². The van der Waals surface area contributed by atoms with Crippen LogP contribution in [0.25, 0.3) is 0 Å². The van der Waals surface area contributed by atoms with Gasteiger partial charge in [-0.15, -0.1) is 0 Å². The lowest BCUT2D eigenvalue weighted by molar-refractivity contribution is -0.117. The van der Waals surface area contributed by atoms with Crippen molar-refractivity contribution in [1.82, 2.24) is 4.98 Å². The highest BCUT2D eigenvalue weighted by atomic mass is 35.5. The molecule has 0 aliphatic carbocycles. The summed E-state index contributed by atoms with van der Waals surface area (Å²) in [5.74, 6) is 0.0525. The first-order valence-corrected chi connectivity index (χ1v) is 7.24. The highest BCUT2D eigenvalue weighted by Gasteiger charge is 2.12. The fourth-order valence-corrected chi connectivity index (χ4v) is 2.46. The van der Waals surface area contributed by atoms with Crippen LogP contribution in [-0.2, 0) is 24.1 Å². The number of hydrogen-bond acceptors (Lipinski definition) is 2. The van der Waals surface area contributed by atoms with Crippen LogP contribution in [0.3, 0.4) is 0 Å². The summed E-state index contributed by atoms with van der Waals surface area (Å²) in [5.41, 5.74) is 2.62. The summed E-state index contributed by atoms with van der Waals surface area (Å²) in [4.78, 5) is 16.4. The van der Waals surface area contributed by atoms with Crippen molar-refractivity contribution in [1.29, 1.82) is 0 Å². The highest BCUT2D eigenvalue weighted by molar-refractivity contribution is 6.36. The molecule has 0 aliphatic heterocycles. The van der Waals surface area contributed by atoms with E-state index in [1.807, 2.05) is 18.3 Å². The summed E-state index contributed by atoms with van der Waals surface area (Å²) < 4.78 is 0. The predicted octanol–water partition coefficient (Wildman–Crippen LogP) is 4.31. The van der Waals surface area contributed by atoms with Gasteiger partial charge in [0.15, 0.2) is 0 Å². The summed E-state index contributed by atoms with van der Waals surface area (Å²) in [6.45, 7) is 2.07. The molecule has 2 aromatic rings. The van der Waals surface area contributed by atoms with Gasteiger partial charge in [-0.05, 0) is 35.7 Å². The molecular formula is C16H15Cl2NO. The zero-order valence-electron chi connectivity index (χ0n) is 11.2. The third-order valence-corrected chi connectivity index (χ3v) is 3.82. The predicted molar refractivity (Wildman–Crippen MR) is 82.5 cm³/mol. The molecule has 0 bridgehead atoms. The Balaban J connectivity index is 2.05. The lowest BCUT2D eigenvalue weighted by Gasteiger charge is -2.06. The average molecular weight is 308 g/mol. The zero-order valence-corrected chi connectivity index (χ0v) is 12.7. The molecule has 0 aliphatic rings. The van der Waals surface area contributed by atoms with Gasteiger partial charge in [-0.1, -0.05) is 42.3 Å². The Morgan fingerprint density at radius 3 is 2.35 bits per heavy atom. The molecule has 104 valence electrons. The number of aryl methyl sites for hydroxylation is 1. The number of nitrogens with zero attached hydrogens (tertiary/aromatic N) is 1. The first-order valence-electron chi connectivity index (χ1n) is 6.48. The second-order valence-corrected chi connectivity index (χ2v) is 5.42. The van der Waals surface area contributed by atoms with Crippen LogP contribution in [0.15, 0.2) is 36.5 Å². The van der Waals surface area contributed by atoms with Crippen LogP contribution >= 0.6 is 23.2 Å². The Morgan fingerprint density at radius 1 is 1.10 bits per heavy atom. The summed E-state index contributed by atoms with van der Waals surface area (Å²) in [7, 11) is 0. The third kappa shape index (κ3) is 3.81. The maximum atomic E-state index is 12.1. The van der Waals surface area contributed by atoms with Crippen LogP contribution < -0.4 is 0 Å². The van der Waals surface area contributed by atoms with Crippen LogP contribution in [0, 0.1) is 0 Å². The Morgan fingerprint density at radius 2 is 1.80 bits per heavy atom. The zero-order chi connectivity index (χ0) is 14.5. The van der Waals surface area contributed by atoms with Crippen LogP contribution in [0.4, 0.5) is 0 Å². The van der Waals surface area contributed by atoms with Crippen molar-refractivity contribution in [2.24, 2.45) is 0 Å². The van der Waals surface area contributed by atoms with Gasteiger partial charge in [0.25, 0.3) is 0 Å². The number of Topliss-reactive ketones (excluding diaryl/α,β-unsaturated/α-hetero) is 1. The van der Waals surface area contributed by atoms with Crippen molar-refractivity contribution in [2.75, 3.05) is 0 Å². The standard InChI is InChI=1S/C16H15Cl2NO/c1-2-11-6-7-12(19-10-11)8-13(20)9-14-15(17)4-3-5-16(14)18/h3-7,10H,2,8-9H2,1H3. The van der Waals surface area contributed by atoms with Crippen molar-refractivity contribution in [3.8, 4) is 0 Å². The van der Waals surface area contributed by atoms with Gasteiger partial charge >= 0.3 is 0 Å². The van der Waals surface area contributed by atoms with Crippen LogP contribution in [0.5, 0.6) is 0 Å². The molecule has 0 saturated carbocycles. The van der Waals surface area contributed by atoms with E-state index >= 15 is 0 Å². The molecule has 1 heterocycles. The number of rotatable bonds is 5. The van der Waals surface area contributed by atoms with E-state index in [4.69, 9.17) is 23.2 Å². The molecule has 0 amide bonds. The van der Waals surface area contributed by atoms with Crippen molar-refractivity contribution in [2.45, 2.75) is 26.2 Å². The summed E-state index contributed by atoms with van der Waals surface area (Å²) >= 11 is 12.1. The van der Waals surface area contributed by atoms with Crippen molar-refractivity contribution in [3.63, 3.8) is 0 Å².